The number of carbonyl (C=O) groups is 2. The first-order valence-corrected chi connectivity index (χ1v) is 11.8. The Balaban J connectivity index is 1.50. The molecule has 37 heavy (non-hydrogen) atoms. The Labute approximate surface area is 214 Å². The number of halogens is 1. The quantitative estimate of drug-likeness (QED) is 0.473. The molecule has 5 rings (SSSR count). The van der Waals surface area contributed by atoms with Crippen LogP contribution >= 0.6 is 0 Å². The van der Waals surface area contributed by atoms with Gasteiger partial charge in [-0.2, -0.15) is 0 Å². The number of hydrogen-bond acceptors (Lipinski definition) is 6. The molecule has 3 aromatic carbocycles. The summed E-state index contributed by atoms with van der Waals surface area (Å²) in [7, 11) is 5.70. The molecule has 0 aliphatic carbocycles. The monoisotopic (exact) mass is 502 g/mol. The van der Waals surface area contributed by atoms with Crippen LogP contribution in [0.2, 0.25) is 0 Å². The van der Waals surface area contributed by atoms with Gasteiger partial charge in [0.05, 0.1) is 17.0 Å². The second-order valence-corrected chi connectivity index (χ2v) is 9.19. The Hall–Kier alpha value is -4.37. The molecule has 2 aliphatic heterocycles. The molecule has 0 unspecified atom stereocenters. The summed E-state index contributed by atoms with van der Waals surface area (Å²) >= 11 is 0. The third-order valence-corrected chi connectivity index (χ3v) is 6.27. The average Bonchev–Trinajstić information content (AvgIpc) is 3.48. The molecule has 0 radical (unpaired) electrons. The molecular weight excluding hydrogens is 475 g/mol. The fourth-order valence-corrected chi connectivity index (χ4v) is 4.24. The molecule has 0 bridgehead atoms. The third-order valence-electron chi connectivity index (χ3n) is 6.27. The largest absolute Gasteiger partial charge is 0.454 e. The lowest BCUT2D eigenvalue weighted by Gasteiger charge is -2.20. The fourth-order valence-electron chi connectivity index (χ4n) is 4.24. The van der Waals surface area contributed by atoms with Crippen molar-refractivity contribution in [1.29, 1.82) is 0 Å². The van der Waals surface area contributed by atoms with Crippen molar-refractivity contribution in [2.45, 2.75) is 0 Å². The lowest BCUT2D eigenvalue weighted by atomic mass is 9.99. The van der Waals surface area contributed by atoms with Gasteiger partial charge >= 0.3 is 0 Å². The Kier molecular flexibility index (Phi) is 6.54. The van der Waals surface area contributed by atoms with Crippen LogP contribution in [0.1, 0.15) is 21.5 Å². The molecule has 3 aromatic rings. The Morgan fingerprint density at radius 1 is 0.946 bits per heavy atom. The van der Waals surface area contributed by atoms with Gasteiger partial charge in [0.15, 0.2) is 11.5 Å². The van der Waals surface area contributed by atoms with E-state index in [1.54, 1.807) is 54.4 Å². The van der Waals surface area contributed by atoms with Crippen molar-refractivity contribution in [3.8, 4) is 11.5 Å². The number of nitrogens with zero attached hydrogens (tertiary/aromatic N) is 2. The smallest absolute Gasteiger partial charge is 0.258 e. The van der Waals surface area contributed by atoms with E-state index in [1.165, 1.54) is 12.1 Å². The van der Waals surface area contributed by atoms with E-state index >= 15 is 0 Å². The number of ether oxygens (including phenoxy) is 2. The van der Waals surface area contributed by atoms with Crippen LogP contribution in [0.3, 0.4) is 0 Å². The van der Waals surface area contributed by atoms with Gasteiger partial charge in [-0.25, -0.2) is 4.39 Å². The van der Waals surface area contributed by atoms with Crippen molar-refractivity contribution in [2.75, 3.05) is 51.7 Å². The van der Waals surface area contributed by atoms with E-state index in [2.05, 4.69) is 10.6 Å². The molecule has 8 nitrogen and oxygen atoms in total. The summed E-state index contributed by atoms with van der Waals surface area (Å²) in [6.45, 7) is 1.50. The van der Waals surface area contributed by atoms with Crippen molar-refractivity contribution in [3.05, 3.63) is 83.2 Å². The van der Waals surface area contributed by atoms with Crippen molar-refractivity contribution in [3.63, 3.8) is 0 Å². The summed E-state index contributed by atoms with van der Waals surface area (Å²) in [5, 5.41) is 6.09. The van der Waals surface area contributed by atoms with Gasteiger partial charge in [0, 0.05) is 42.5 Å². The zero-order valence-electron chi connectivity index (χ0n) is 20.8. The Morgan fingerprint density at radius 3 is 2.43 bits per heavy atom. The van der Waals surface area contributed by atoms with Crippen LogP contribution in [0.25, 0.3) is 11.3 Å². The summed E-state index contributed by atoms with van der Waals surface area (Å²) in [5.74, 6) is 0.321. The minimum absolute atomic E-state index is 0.0751. The number of benzene rings is 3. The summed E-state index contributed by atoms with van der Waals surface area (Å²) in [6, 6.07) is 16.7. The number of likely N-dealkylation sites (N-methyl/N-ethyl adjacent to an activating group) is 2. The lowest BCUT2D eigenvalue weighted by Crippen LogP contribution is -2.33. The third kappa shape index (κ3) is 4.99. The number of carbonyl (C=O) groups excluding carboxylic acids is 2. The average molecular weight is 503 g/mol. The van der Waals surface area contributed by atoms with E-state index in [1.807, 2.05) is 25.1 Å². The van der Waals surface area contributed by atoms with Gasteiger partial charge in [-0.15, -0.1) is 0 Å². The van der Waals surface area contributed by atoms with Crippen LogP contribution in [-0.4, -0.2) is 62.6 Å². The van der Waals surface area contributed by atoms with Gasteiger partial charge in [-0.3, -0.25) is 9.59 Å². The molecule has 2 amide bonds. The highest BCUT2D eigenvalue weighted by molar-refractivity contribution is 6.37. The predicted octanol–water partition coefficient (Wildman–Crippen LogP) is 4.12. The van der Waals surface area contributed by atoms with Crippen LogP contribution in [0.5, 0.6) is 11.5 Å². The van der Waals surface area contributed by atoms with Crippen LogP contribution in [0.4, 0.5) is 15.8 Å². The number of nitrogens with one attached hydrogen (secondary N) is 2. The van der Waals surface area contributed by atoms with Gasteiger partial charge in [-0.05, 0) is 74.8 Å². The second-order valence-electron chi connectivity index (χ2n) is 9.19. The summed E-state index contributed by atoms with van der Waals surface area (Å²) < 4.78 is 24.8. The normalized spacial score (nSPS) is 14.9. The maximum Gasteiger partial charge on any atom is 0.258 e. The standard InChI is InChI=1S/C28H27FN4O4/c1-32(2)12-13-33(3)28(35)17-4-8-20(9-5-17)30-26(18-6-11-23-24(14-18)37-16-36-23)25-21-10-7-19(29)15-22(21)31-27(25)34/h4-11,14-15,30H,12-13,16H2,1-3H3,(H,31,34). The summed E-state index contributed by atoms with van der Waals surface area (Å²) in [4.78, 5) is 29.6. The molecule has 0 fully saturated rings. The zero-order valence-corrected chi connectivity index (χ0v) is 20.8. The molecule has 0 saturated carbocycles. The molecule has 190 valence electrons. The molecule has 9 heteroatoms. The highest BCUT2D eigenvalue weighted by Crippen LogP contribution is 2.40. The van der Waals surface area contributed by atoms with Crippen LogP contribution in [0.15, 0.2) is 60.7 Å². The van der Waals surface area contributed by atoms with Gasteiger partial charge in [-0.1, -0.05) is 0 Å². The predicted molar refractivity (Wildman–Crippen MR) is 140 cm³/mol. The number of fused-ring (bicyclic) bond motifs is 2. The van der Waals surface area contributed by atoms with E-state index in [0.717, 1.165) is 6.54 Å². The van der Waals surface area contributed by atoms with Gasteiger partial charge in [0.25, 0.3) is 11.8 Å². The SMILES string of the molecule is CN(C)CCN(C)C(=O)c1ccc(NC(=C2C(=O)Nc3cc(F)ccc32)c2ccc3c(c2)OCO3)cc1. The van der Waals surface area contributed by atoms with Crippen LogP contribution in [-0.2, 0) is 4.79 Å². The van der Waals surface area contributed by atoms with Crippen LogP contribution < -0.4 is 20.1 Å². The minimum Gasteiger partial charge on any atom is -0.454 e. The van der Waals surface area contributed by atoms with Crippen LogP contribution in [0, 0.1) is 5.82 Å². The lowest BCUT2D eigenvalue weighted by molar-refractivity contribution is -0.110. The highest BCUT2D eigenvalue weighted by atomic mass is 19.1. The fraction of sp³-hybridized carbons (Fsp3) is 0.214. The maximum absolute atomic E-state index is 13.8. The summed E-state index contributed by atoms with van der Waals surface area (Å²) in [6.07, 6.45) is 0. The topological polar surface area (TPSA) is 83.1 Å². The van der Waals surface area contributed by atoms with Crippen molar-refractivity contribution in [1.82, 2.24) is 9.80 Å². The molecule has 0 aromatic heterocycles. The van der Waals surface area contributed by atoms with Gasteiger partial charge < -0.3 is 29.9 Å². The van der Waals surface area contributed by atoms with Gasteiger partial charge in [0.1, 0.15) is 5.82 Å². The Morgan fingerprint density at radius 2 is 1.68 bits per heavy atom. The van der Waals surface area contributed by atoms with Crippen molar-refractivity contribution in [2.24, 2.45) is 0 Å². The maximum atomic E-state index is 13.8. The Bertz CT molecular complexity index is 1400. The molecule has 2 heterocycles. The molecule has 0 spiro atoms. The number of anilines is 2. The van der Waals surface area contributed by atoms with E-state index in [0.29, 0.717) is 57.4 Å². The zero-order chi connectivity index (χ0) is 26.1. The first-order valence-electron chi connectivity index (χ1n) is 11.8. The molecule has 2 N–H and O–H groups in total. The van der Waals surface area contributed by atoms with Crippen molar-refractivity contribution >= 4 is 34.5 Å². The second kappa shape index (κ2) is 9.94. The number of amides is 2. The minimum atomic E-state index is -0.436. The van der Waals surface area contributed by atoms with E-state index in [-0.39, 0.29) is 18.6 Å². The highest BCUT2D eigenvalue weighted by Gasteiger charge is 2.29. The van der Waals surface area contributed by atoms with E-state index in [4.69, 9.17) is 9.47 Å². The molecular formula is C28H27FN4O4. The first-order chi connectivity index (χ1) is 17.8. The molecule has 2 aliphatic rings. The first kappa shape index (κ1) is 24.3. The number of hydrogen-bond donors (Lipinski definition) is 2. The van der Waals surface area contributed by atoms with Crippen molar-refractivity contribution < 1.29 is 23.5 Å². The number of rotatable bonds is 7. The van der Waals surface area contributed by atoms with E-state index < -0.39 is 5.82 Å². The summed E-state index contributed by atoms with van der Waals surface area (Å²) in [5.41, 5.74) is 3.80. The van der Waals surface area contributed by atoms with Gasteiger partial charge in [0.2, 0.25) is 6.79 Å². The van der Waals surface area contributed by atoms with E-state index in [9.17, 15) is 14.0 Å². The molecule has 0 saturated heterocycles. The molecule has 0 atom stereocenters.